The zero-order valence-electron chi connectivity index (χ0n) is 14.5. The van der Waals surface area contributed by atoms with E-state index < -0.39 is 29.7 Å². The Labute approximate surface area is 149 Å². The average molecular weight is 365 g/mol. The first-order valence-electron chi connectivity index (χ1n) is 7.85. The smallest absolute Gasteiger partial charge is 0.416 e. The number of carbonyl (C=O) groups excluding carboxylic acids is 2. The lowest BCUT2D eigenvalue weighted by molar-refractivity contribution is -0.137. The van der Waals surface area contributed by atoms with Crippen molar-refractivity contribution >= 4 is 17.6 Å². The van der Waals surface area contributed by atoms with E-state index >= 15 is 0 Å². The lowest BCUT2D eigenvalue weighted by Crippen LogP contribution is -2.30. The third kappa shape index (κ3) is 4.62. The first kappa shape index (κ1) is 19.5. The molecule has 2 aromatic rings. The molecule has 0 bridgehead atoms. The van der Waals surface area contributed by atoms with Gasteiger partial charge in [0.2, 0.25) is 0 Å². The van der Waals surface area contributed by atoms with Crippen LogP contribution in [0.4, 0.5) is 18.9 Å². The molecule has 0 aromatic heterocycles. The second-order valence-corrected chi connectivity index (χ2v) is 5.86. The van der Waals surface area contributed by atoms with Gasteiger partial charge < -0.3 is 10.1 Å². The first-order chi connectivity index (χ1) is 12.1. The molecule has 0 saturated carbocycles. The summed E-state index contributed by atoms with van der Waals surface area (Å²) < 4.78 is 42.7. The number of anilines is 1. The Morgan fingerprint density at radius 2 is 1.65 bits per heavy atom. The Bertz CT molecular complexity index is 814. The van der Waals surface area contributed by atoms with Gasteiger partial charge in [-0.15, -0.1) is 0 Å². The number of benzene rings is 2. The standard InChI is InChI=1S/C19H18F3NO3/c1-11-5-4-6-16(12(11)2)18(25)26-13(3)17(24)23-15-9-7-14(8-10-15)19(20,21)22/h4-10,13H,1-3H3,(H,23,24)/t13-/m0/s1. The Morgan fingerprint density at radius 3 is 2.23 bits per heavy atom. The first-order valence-corrected chi connectivity index (χ1v) is 7.85. The van der Waals surface area contributed by atoms with Crippen LogP contribution in [0.1, 0.15) is 34.0 Å². The molecule has 138 valence electrons. The molecule has 1 amide bonds. The van der Waals surface area contributed by atoms with E-state index in [1.807, 2.05) is 13.0 Å². The van der Waals surface area contributed by atoms with Gasteiger partial charge in [-0.3, -0.25) is 4.79 Å². The van der Waals surface area contributed by atoms with Gasteiger partial charge in [0.15, 0.2) is 6.10 Å². The number of carbonyl (C=O) groups is 2. The number of hydrogen-bond acceptors (Lipinski definition) is 3. The maximum atomic E-state index is 12.5. The number of rotatable bonds is 4. The van der Waals surface area contributed by atoms with Crippen LogP contribution in [0.25, 0.3) is 0 Å². The van der Waals surface area contributed by atoms with E-state index in [2.05, 4.69) is 5.32 Å². The lowest BCUT2D eigenvalue weighted by Gasteiger charge is -2.15. The third-order valence-corrected chi connectivity index (χ3v) is 3.96. The van der Waals surface area contributed by atoms with E-state index in [1.54, 1.807) is 19.1 Å². The molecule has 0 radical (unpaired) electrons. The number of hydrogen-bond donors (Lipinski definition) is 1. The predicted octanol–water partition coefficient (Wildman–Crippen LogP) is 4.51. The summed E-state index contributed by atoms with van der Waals surface area (Å²) in [5.74, 6) is -1.27. The zero-order chi connectivity index (χ0) is 19.5. The summed E-state index contributed by atoms with van der Waals surface area (Å²) in [4.78, 5) is 24.3. The Balaban J connectivity index is 2.01. The summed E-state index contributed by atoms with van der Waals surface area (Å²) in [5.41, 5.74) is 1.40. The van der Waals surface area contributed by atoms with Crippen LogP contribution in [-0.4, -0.2) is 18.0 Å². The summed E-state index contributed by atoms with van der Waals surface area (Å²) in [6.45, 7) is 5.02. The highest BCUT2D eigenvalue weighted by Crippen LogP contribution is 2.29. The quantitative estimate of drug-likeness (QED) is 0.812. The summed E-state index contributed by atoms with van der Waals surface area (Å²) in [7, 11) is 0. The maximum Gasteiger partial charge on any atom is 0.416 e. The van der Waals surface area contributed by atoms with Crippen molar-refractivity contribution in [2.24, 2.45) is 0 Å². The topological polar surface area (TPSA) is 55.4 Å². The van der Waals surface area contributed by atoms with Crippen LogP contribution in [0.2, 0.25) is 0 Å². The van der Waals surface area contributed by atoms with E-state index in [0.29, 0.717) is 5.56 Å². The molecule has 1 N–H and O–H groups in total. The van der Waals surface area contributed by atoms with Crippen molar-refractivity contribution in [3.05, 3.63) is 64.7 Å². The van der Waals surface area contributed by atoms with Gasteiger partial charge in [0, 0.05) is 5.69 Å². The normalized spacial score (nSPS) is 12.4. The van der Waals surface area contributed by atoms with Crippen molar-refractivity contribution in [3.8, 4) is 0 Å². The van der Waals surface area contributed by atoms with Crippen molar-refractivity contribution in [1.29, 1.82) is 0 Å². The Morgan fingerprint density at radius 1 is 1.04 bits per heavy atom. The van der Waals surface area contributed by atoms with Crippen molar-refractivity contribution in [2.75, 3.05) is 5.32 Å². The molecule has 0 unspecified atom stereocenters. The van der Waals surface area contributed by atoms with Crippen molar-refractivity contribution in [3.63, 3.8) is 0 Å². The van der Waals surface area contributed by atoms with Gasteiger partial charge in [-0.05, 0) is 62.2 Å². The molecule has 0 fully saturated rings. The van der Waals surface area contributed by atoms with Crippen molar-refractivity contribution in [2.45, 2.75) is 33.1 Å². The third-order valence-electron chi connectivity index (χ3n) is 3.96. The van der Waals surface area contributed by atoms with Crippen LogP contribution >= 0.6 is 0 Å². The maximum absolute atomic E-state index is 12.5. The molecule has 0 heterocycles. The largest absolute Gasteiger partial charge is 0.449 e. The fourth-order valence-electron chi connectivity index (χ4n) is 2.24. The number of aryl methyl sites for hydroxylation is 1. The van der Waals surface area contributed by atoms with Crippen LogP contribution in [0.3, 0.4) is 0 Å². The molecule has 4 nitrogen and oxygen atoms in total. The highest BCUT2D eigenvalue weighted by Gasteiger charge is 2.30. The highest BCUT2D eigenvalue weighted by molar-refractivity contribution is 5.97. The van der Waals surface area contributed by atoms with Gasteiger partial charge in [0.05, 0.1) is 11.1 Å². The van der Waals surface area contributed by atoms with Gasteiger partial charge in [-0.25, -0.2) is 4.79 Å². The molecule has 7 heteroatoms. The number of alkyl halides is 3. The van der Waals surface area contributed by atoms with Crippen molar-refractivity contribution in [1.82, 2.24) is 0 Å². The number of esters is 1. The number of halogens is 3. The minimum absolute atomic E-state index is 0.178. The fraction of sp³-hybridized carbons (Fsp3) is 0.263. The number of ether oxygens (including phenoxy) is 1. The fourth-order valence-corrected chi connectivity index (χ4v) is 2.24. The van der Waals surface area contributed by atoms with Gasteiger partial charge in [0.1, 0.15) is 0 Å². The summed E-state index contributed by atoms with van der Waals surface area (Å²) in [6, 6.07) is 9.18. The predicted molar refractivity (Wildman–Crippen MR) is 90.9 cm³/mol. The van der Waals surface area contributed by atoms with Gasteiger partial charge in [-0.2, -0.15) is 13.2 Å². The van der Waals surface area contributed by atoms with Gasteiger partial charge in [0.25, 0.3) is 5.91 Å². The lowest BCUT2D eigenvalue weighted by atomic mass is 10.0. The highest BCUT2D eigenvalue weighted by atomic mass is 19.4. The van der Waals surface area contributed by atoms with E-state index in [9.17, 15) is 22.8 Å². The minimum atomic E-state index is -4.45. The molecule has 0 spiro atoms. The van der Waals surface area contributed by atoms with Crippen LogP contribution < -0.4 is 5.32 Å². The molecule has 2 rings (SSSR count). The van der Waals surface area contributed by atoms with Crippen LogP contribution in [0.15, 0.2) is 42.5 Å². The van der Waals surface area contributed by atoms with Crippen LogP contribution in [-0.2, 0) is 15.7 Å². The van der Waals surface area contributed by atoms with Gasteiger partial charge in [-0.1, -0.05) is 12.1 Å². The van der Waals surface area contributed by atoms with E-state index in [1.165, 1.54) is 6.92 Å². The molecular formula is C19H18F3NO3. The van der Waals surface area contributed by atoms with E-state index in [-0.39, 0.29) is 5.69 Å². The number of amides is 1. The molecule has 0 aliphatic rings. The summed E-state index contributed by atoms with van der Waals surface area (Å²) >= 11 is 0. The molecule has 0 saturated heterocycles. The monoisotopic (exact) mass is 365 g/mol. The molecular weight excluding hydrogens is 347 g/mol. The molecule has 0 aliphatic heterocycles. The Kier molecular flexibility index (Phi) is 5.69. The molecule has 0 aliphatic carbocycles. The van der Waals surface area contributed by atoms with Gasteiger partial charge >= 0.3 is 12.1 Å². The Hall–Kier alpha value is -2.83. The second-order valence-electron chi connectivity index (χ2n) is 5.86. The molecule has 26 heavy (non-hydrogen) atoms. The molecule has 1 atom stereocenters. The van der Waals surface area contributed by atoms with Crippen molar-refractivity contribution < 1.29 is 27.5 Å². The SMILES string of the molecule is Cc1cccc(C(=O)O[C@@H](C)C(=O)Nc2ccc(C(F)(F)F)cc2)c1C. The molecule has 2 aromatic carbocycles. The van der Waals surface area contributed by atoms with E-state index in [0.717, 1.165) is 35.4 Å². The van der Waals surface area contributed by atoms with Crippen LogP contribution in [0, 0.1) is 13.8 Å². The average Bonchev–Trinajstić information content (AvgIpc) is 2.56. The summed E-state index contributed by atoms with van der Waals surface area (Å²) in [5, 5.41) is 2.42. The van der Waals surface area contributed by atoms with Crippen LogP contribution in [0.5, 0.6) is 0 Å². The zero-order valence-corrected chi connectivity index (χ0v) is 14.5. The second kappa shape index (κ2) is 7.59. The minimum Gasteiger partial charge on any atom is -0.449 e. The summed E-state index contributed by atoms with van der Waals surface area (Å²) in [6.07, 6.45) is -5.55. The number of nitrogens with one attached hydrogen (secondary N) is 1. The van der Waals surface area contributed by atoms with E-state index in [4.69, 9.17) is 4.74 Å².